The Morgan fingerprint density at radius 1 is 1.17 bits per heavy atom. The number of hydrogen-bond acceptors (Lipinski definition) is 2. The van der Waals surface area contributed by atoms with E-state index in [2.05, 4.69) is 5.32 Å². The first kappa shape index (κ1) is 15.1. The third-order valence-corrected chi connectivity index (χ3v) is 3.89. The second-order valence-corrected chi connectivity index (χ2v) is 5.75. The molecule has 5 heteroatoms. The van der Waals surface area contributed by atoms with Crippen molar-refractivity contribution in [2.24, 2.45) is 7.05 Å². The maximum Gasteiger partial charge on any atom is 0.275 e. The predicted molar refractivity (Wildman–Crippen MR) is 90.2 cm³/mol. The molecule has 0 unspecified atom stereocenters. The van der Waals surface area contributed by atoms with Gasteiger partial charge < -0.3 is 14.5 Å². The molecule has 0 radical (unpaired) electrons. The summed E-state index contributed by atoms with van der Waals surface area (Å²) >= 11 is 0. The zero-order valence-electron chi connectivity index (χ0n) is 13.2. The maximum absolute atomic E-state index is 12.4. The molecular formula is C18H19N3O2. The molecular weight excluding hydrogens is 290 g/mol. The molecule has 0 aliphatic heterocycles. The van der Waals surface area contributed by atoms with Crippen LogP contribution in [0.15, 0.2) is 53.6 Å². The monoisotopic (exact) mass is 309 g/mol. The van der Waals surface area contributed by atoms with Gasteiger partial charge in [-0.15, -0.1) is 0 Å². The van der Waals surface area contributed by atoms with Crippen molar-refractivity contribution >= 4 is 16.8 Å². The van der Waals surface area contributed by atoms with E-state index in [1.807, 2.05) is 56.6 Å². The highest BCUT2D eigenvalue weighted by Gasteiger charge is 2.09. The zero-order valence-corrected chi connectivity index (χ0v) is 13.2. The molecule has 3 rings (SSSR count). The minimum absolute atomic E-state index is 0.0196. The van der Waals surface area contributed by atoms with Gasteiger partial charge in [-0.3, -0.25) is 9.59 Å². The first-order valence-electron chi connectivity index (χ1n) is 7.51. The van der Waals surface area contributed by atoms with Gasteiger partial charge >= 0.3 is 0 Å². The van der Waals surface area contributed by atoms with Gasteiger partial charge in [-0.05, 0) is 24.6 Å². The summed E-state index contributed by atoms with van der Waals surface area (Å²) in [5.74, 6) is -0.179. The Kier molecular flexibility index (Phi) is 4.02. The second kappa shape index (κ2) is 6.12. The highest BCUT2D eigenvalue weighted by atomic mass is 16.2. The van der Waals surface area contributed by atoms with Crippen LogP contribution in [0.25, 0.3) is 10.9 Å². The van der Waals surface area contributed by atoms with E-state index in [-0.39, 0.29) is 18.0 Å². The van der Waals surface area contributed by atoms with Crippen molar-refractivity contribution in [2.45, 2.75) is 20.0 Å². The first-order valence-corrected chi connectivity index (χ1v) is 7.51. The van der Waals surface area contributed by atoms with Gasteiger partial charge in [0.25, 0.3) is 5.56 Å². The third kappa shape index (κ3) is 3.18. The summed E-state index contributed by atoms with van der Waals surface area (Å²) in [5.41, 5.74) is 2.66. The molecule has 1 amide bonds. The van der Waals surface area contributed by atoms with Crippen LogP contribution in [0.1, 0.15) is 11.1 Å². The molecule has 0 bridgehead atoms. The van der Waals surface area contributed by atoms with Gasteiger partial charge in [-0.25, -0.2) is 0 Å². The number of nitrogens with zero attached hydrogens (tertiary/aromatic N) is 2. The van der Waals surface area contributed by atoms with E-state index >= 15 is 0 Å². The van der Waals surface area contributed by atoms with Gasteiger partial charge in [0.05, 0.1) is 0 Å². The molecule has 0 aliphatic rings. The smallest absolute Gasteiger partial charge is 0.275 e. The number of amides is 1. The van der Waals surface area contributed by atoms with Crippen LogP contribution < -0.4 is 10.9 Å². The van der Waals surface area contributed by atoms with Crippen molar-refractivity contribution in [3.63, 3.8) is 0 Å². The normalized spacial score (nSPS) is 10.9. The first-order chi connectivity index (χ1) is 11.0. The average molecular weight is 309 g/mol. The topological polar surface area (TPSA) is 56.0 Å². The van der Waals surface area contributed by atoms with Crippen LogP contribution >= 0.6 is 0 Å². The van der Waals surface area contributed by atoms with Crippen molar-refractivity contribution in [1.82, 2.24) is 14.5 Å². The van der Waals surface area contributed by atoms with Gasteiger partial charge in [0, 0.05) is 31.4 Å². The number of hydrogen-bond donors (Lipinski definition) is 1. The molecule has 118 valence electrons. The quantitative estimate of drug-likeness (QED) is 0.801. The van der Waals surface area contributed by atoms with Crippen molar-refractivity contribution in [1.29, 1.82) is 0 Å². The number of carbonyl (C=O) groups excluding carboxylic acids is 1. The van der Waals surface area contributed by atoms with Gasteiger partial charge in [-0.1, -0.05) is 29.8 Å². The molecule has 23 heavy (non-hydrogen) atoms. The molecule has 0 saturated heterocycles. The Morgan fingerprint density at radius 2 is 1.96 bits per heavy atom. The number of pyridine rings is 1. The molecule has 1 aromatic carbocycles. The number of fused-ring (bicyclic) bond motifs is 1. The van der Waals surface area contributed by atoms with Crippen molar-refractivity contribution in [2.75, 3.05) is 0 Å². The Balaban J connectivity index is 1.72. The minimum Gasteiger partial charge on any atom is -0.350 e. The van der Waals surface area contributed by atoms with Crippen LogP contribution in [0.5, 0.6) is 0 Å². The average Bonchev–Trinajstić information content (AvgIpc) is 2.90. The summed E-state index contributed by atoms with van der Waals surface area (Å²) in [6, 6.07) is 11.7. The van der Waals surface area contributed by atoms with E-state index in [9.17, 15) is 9.59 Å². The molecule has 1 N–H and O–H groups in total. The van der Waals surface area contributed by atoms with Crippen LogP contribution in [0.3, 0.4) is 0 Å². The van der Waals surface area contributed by atoms with E-state index in [4.69, 9.17) is 0 Å². The van der Waals surface area contributed by atoms with Crippen molar-refractivity contribution < 1.29 is 4.79 Å². The molecule has 0 fully saturated rings. The number of nitrogens with one attached hydrogen (secondary N) is 1. The fourth-order valence-electron chi connectivity index (χ4n) is 2.69. The van der Waals surface area contributed by atoms with Crippen LogP contribution in [0, 0.1) is 6.92 Å². The number of rotatable bonds is 4. The lowest BCUT2D eigenvalue weighted by atomic mass is 10.1. The van der Waals surface area contributed by atoms with Gasteiger partial charge in [0.1, 0.15) is 12.1 Å². The summed E-state index contributed by atoms with van der Waals surface area (Å²) in [6.45, 7) is 2.49. The van der Waals surface area contributed by atoms with Crippen LogP contribution in [0.4, 0.5) is 0 Å². The number of benzene rings is 1. The van der Waals surface area contributed by atoms with Gasteiger partial charge in [0.2, 0.25) is 5.91 Å². The van der Waals surface area contributed by atoms with Crippen molar-refractivity contribution in [3.05, 3.63) is 70.3 Å². The van der Waals surface area contributed by atoms with E-state index in [1.54, 1.807) is 10.8 Å². The zero-order chi connectivity index (χ0) is 16.4. The lowest BCUT2D eigenvalue weighted by Crippen LogP contribution is -2.32. The molecule has 2 heterocycles. The SMILES string of the molecule is Cc1cccc(CNC(=O)Cn2ccc3ccn(C)c3c2=O)c1. The van der Waals surface area contributed by atoms with E-state index in [1.165, 1.54) is 4.57 Å². The Bertz CT molecular complexity index is 921. The second-order valence-electron chi connectivity index (χ2n) is 5.75. The van der Waals surface area contributed by atoms with Gasteiger partial charge in [-0.2, -0.15) is 0 Å². The van der Waals surface area contributed by atoms with Crippen LogP contribution in [-0.4, -0.2) is 15.0 Å². The Labute approximate surface area is 134 Å². The van der Waals surface area contributed by atoms with Crippen molar-refractivity contribution in [3.8, 4) is 0 Å². The summed E-state index contributed by atoms with van der Waals surface area (Å²) in [5, 5.41) is 3.74. The lowest BCUT2D eigenvalue weighted by molar-refractivity contribution is -0.121. The van der Waals surface area contributed by atoms with Crippen LogP contribution in [-0.2, 0) is 24.9 Å². The minimum atomic E-state index is -0.179. The Morgan fingerprint density at radius 3 is 2.74 bits per heavy atom. The molecule has 0 saturated carbocycles. The highest BCUT2D eigenvalue weighted by molar-refractivity contribution is 5.80. The molecule has 2 aromatic heterocycles. The van der Waals surface area contributed by atoms with E-state index in [0.717, 1.165) is 16.5 Å². The Hall–Kier alpha value is -2.82. The van der Waals surface area contributed by atoms with Crippen LogP contribution in [0.2, 0.25) is 0 Å². The van der Waals surface area contributed by atoms with E-state index in [0.29, 0.717) is 12.1 Å². The summed E-state index contributed by atoms with van der Waals surface area (Å²) in [4.78, 5) is 24.5. The van der Waals surface area contributed by atoms with E-state index < -0.39 is 0 Å². The number of aromatic nitrogens is 2. The molecule has 0 aliphatic carbocycles. The fourth-order valence-corrected chi connectivity index (χ4v) is 2.69. The molecule has 5 nitrogen and oxygen atoms in total. The maximum atomic E-state index is 12.4. The molecule has 3 aromatic rings. The third-order valence-electron chi connectivity index (χ3n) is 3.89. The fraction of sp³-hybridized carbons (Fsp3) is 0.222. The molecule has 0 atom stereocenters. The summed E-state index contributed by atoms with van der Waals surface area (Å²) in [7, 11) is 1.83. The molecule has 0 spiro atoms. The number of aryl methyl sites for hydroxylation is 2. The largest absolute Gasteiger partial charge is 0.350 e. The lowest BCUT2D eigenvalue weighted by Gasteiger charge is -2.08. The highest BCUT2D eigenvalue weighted by Crippen LogP contribution is 2.09. The summed E-state index contributed by atoms with van der Waals surface area (Å²) in [6.07, 6.45) is 3.51. The predicted octanol–water partition coefficient (Wildman–Crippen LogP) is 1.96. The number of carbonyl (C=O) groups is 1. The standard InChI is InChI=1S/C18H19N3O2/c1-13-4-3-5-14(10-13)11-19-16(22)12-21-9-7-15-6-8-20(2)17(15)18(21)23/h3-10H,11-12H2,1-2H3,(H,19,22). The van der Waals surface area contributed by atoms with Gasteiger partial charge in [0.15, 0.2) is 0 Å². The summed E-state index contributed by atoms with van der Waals surface area (Å²) < 4.78 is 3.22.